The summed E-state index contributed by atoms with van der Waals surface area (Å²) in [4.78, 5) is 31.2. The molecule has 0 radical (unpaired) electrons. The summed E-state index contributed by atoms with van der Waals surface area (Å²) in [5.74, 6) is 1.71. The zero-order valence-corrected chi connectivity index (χ0v) is 14.4. The summed E-state index contributed by atoms with van der Waals surface area (Å²) in [5, 5.41) is 3.37. The van der Waals surface area contributed by atoms with Crippen molar-refractivity contribution < 1.29 is 9.53 Å². The summed E-state index contributed by atoms with van der Waals surface area (Å²) in [6.07, 6.45) is 0. The van der Waals surface area contributed by atoms with E-state index >= 15 is 0 Å². The minimum Gasteiger partial charge on any atom is -0.495 e. The standard InChI is InChI=1S/C18H17N3O3S/c1-24-15-9-5-4-8-14(15)20-17(22)11-25-10-16-19-13-7-3-2-6-12(13)18(23)21-16/h2-9H,10-11H2,1H3,(H,20,22)(H,19,21,23). The van der Waals surface area contributed by atoms with Crippen LogP contribution in [0.4, 0.5) is 5.69 Å². The van der Waals surface area contributed by atoms with Crippen LogP contribution in [-0.2, 0) is 10.5 Å². The largest absolute Gasteiger partial charge is 0.495 e. The van der Waals surface area contributed by atoms with Crippen molar-refractivity contribution in [2.75, 3.05) is 18.2 Å². The Balaban J connectivity index is 1.59. The van der Waals surface area contributed by atoms with Gasteiger partial charge in [0.2, 0.25) is 5.91 Å². The lowest BCUT2D eigenvalue weighted by atomic mass is 10.2. The lowest BCUT2D eigenvalue weighted by Gasteiger charge is -2.09. The Kier molecular flexibility index (Phi) is 5.35. The number of rotatable bonds is 6. The Bertz CT molecular complexity index is 955. The van der Waals surface area contributed by atoms with Crippen molar-refractivity contribution in [2.45, 2.75) is 5.75 Å². The molecule has 0 aliphatic rings. The molecule has 25 heavy (non-hydrogen) atoms. The number of thioether (sulfide) groups is 1. The van der Waals surface area contributed by atoms with E-state index < -0.39 is 0 Å². The summed E-state index contributed by atoms with van der Waals surface area (Å²) in [6, 6.07) is 14.4. The molecule has 0 saturated carbocycles. The molecule has 0 aliphatic heterocycles. The van der Waals surface area contributed by atoms with Gasteiger partial charge in [0.1, 0.15) is 11.6 Å². The maximum atomic E-state index is 12.1. The highest BCUT2D eigenvalue weighted by atomic mass is 32.2. The maximum absolute atomic E-state index is 12.1. The average Bonchev–Trinajstić information content (AvgIpc) is 2.62. The molecule has 2 N–H and O–H groups in total. The molecule has 0 spiro atoms. The van der Waals surface area contributed by atoms with Crippen LogP contribution in [0.1, 0.15) is 5.82 Å². The Morgan fingerprint density at radius 1 is 1.20 bits per heavy atom. The minimum absolute atomic E-state index is 0.141. The van der Waals surface area contributed by atoms with E-state index in [4.69, 9.17) is 4.74 Å². The fourth-order valence-electron chi connectivity index (χ4n) is 2.38. The predicted octanol–water partition coefficient (Wildman–Crippen LogP) is 2.80. The predicted molar refractivity (Wildman–Crippen MR) is 100 cm³/mol. The van der Waals surface area contributed by atoms with Gasteiger partial charge in [-0.1, -0.05) is 24.3 Å². The normalized spacial score (nSPS) is 10.6. The molecule has 2 aromatic carbocycles. The first-order valence-electron chi connectivity index (χ1n) is 7.66. The lowest BCUT2D eigenvalue weighted by Crippen LogP contribution is -2.15. The number of para-hydroxylation sites is 3. The number of fused-ring (bicyclic) bond motifs is 1. The molecule has 7 heteroatoms. The average molecular weight is 355 g/mol. The highest BCUT2D eigenvalue weighted by Gasteiger charge is 2.08. The number of hydrogen-bond acceptors (Lipinski definition) is 5. The van der Waals surface area contributed by atoms with Crippen LogP contribution in [0.2, 0.25) is 0 Å². The van der Waals surface area contributed by atoms with E-state index in [1.54, 1.807) is 37.4 Å². The number of hydrogen-bond donors (Lipinski definition) is 2. The third-order valence-corrected chi connectivity index (χ3v) is 4.46. The highest BCUT2D eigenvalue weighted by molar-refractivity contribution is 7.99. The fourth-order valence-corrected chi connectivity index (χ4v) is 3.07. The van der Waals surface area contributed by atoms with Crippen molar-refractivity contribution in [3.63, 3.8) is 0 Å². The molecule has 0 aliphatic carbocycles. The molecule has 3 aromatic rings. The molecule has 6 nitrogen and oxygen atoms in total. The second kappa shape index (κ2) is 7.85. The van der Waals surface area contributed by atoms with Crippen LogP contribution in [0.25, 0.3) is 10.9 Å². The summed E-state index contributed by atoms with van der Waals surface area (Å²) in [6.45, 7) is 0. The van der Waals surface area contributed by atoms with Gasteiger partial charge in [-0.15, -0.1) is 11.8 Å². The molecule has 1 aromatic heterocycles. The van der Waals surface area contributed by atoms with Crippen molar-refractivity contribution in [1.29, 1.82) is 0 Å². The zero-order chi connectivity index (χ0) is 17.6. The quantitative estimate of drug-likeness (QED) is 0.710. The summed E-state index contributed by atoms with van der Waals surface area (Å²) in [5.41, 5.74) is 1.12. The van der Waals surface area contributed by atoms with Gasteiger partial charge in [0.25, 0.3) is 5.56 Å². The molecule has 0 unspecified atom stereocenters. The van der Waals surface area contributed by atoms with Crippen molar-refractivity contribution in [1.82, 2.24) is 9.97 Å². The number of H-pyrrole nitrogens is 1. The third-order valence-electron chi connectivity index (χ3n) is 3.51. The number of methoxy groups -OCH3 is 1. The first-order chi connectivity index (χ1) is 12.2. The van der Waals surface area contributed by atoms with Crippen LogP contribution in [0, 0.1) is 0 Å². The van der Waals surface area contributed by atoms with Gasteiger partial charge in [-0.05, 0) is 24.3 Å². The molecule has 0 fully saturated rings. The molecule has 128 valence electrons. The first kappa shape index (κ1) is 17.0. The van der Waals surface area contributed by atoms with Crippen LogP contribution in [0.5, 0.6) is 5.75 Å². The number of nitrogens with zero attached hydrogens (tertiary/aromatic N) is 1. The fraction of sp³-hybridized carbons (Fsp3) is 0.167. The SMILES string of the molecule is COc1ccccc1NC(=O)CSCc1nc2ccccc2c(=O)[nH]1. The van der Waals surface area contributed by atoms with E-state index in [2.05, 4.69) is 15.3 Å². The number of anilines is 1. The van der Waals surface area contributed by atoms with Gasteiger partial charge in [-0.3, -0.25) is 9.59 Å². The van der Waals surface area contributed by atoms with E-state index in [9.17, 15) is 9.59 Å². The van der Waals surface area contributed by atoms with E-state index in [0.717, 1.165) is 0 Å². The van der Waals surface area contributed by atoms with Crippen LogP contribution in [-0.4, -0.2) is 28.7 Å². The third kappa shape index (κ3) is 4.19. The second-order valence-electron chi connectivity index (χ2n) is 5.27. The zero-order valence-electron chi connectivity index (χ0n) is 13.6. The topological polar surface area (TPSA) is 84.1 Å². The number of aromatic nitrogens is 2. The molecule has 0 saturated heterocycles. The van der Waals surface area contributed by atoms with Crippen molar-refractivity contribution >= 4 is 34.3 Å². The molecular weight excluding hydrogens is 338 g/mol. The number of ether oxygens (including phenoxy) is 1. The van der Waals surface area contributed by atoms with E-state index in [0.29, 0.717) is 33.9 Å². The van der Waals surface area contributed by atoms with E-state index in [1.165, 1.54) is 11.8 Å². The van der Waals surface area contributed by atoms with Gasteiger partial charge in [0.15, 0.2) is 0 Å². The number of aromatic amines is 1. The van der Waals surface area contributed by atoms with Crippen LogP contribution < -0.4 is 15.6 Å². The van der Waals surface area contributed by atoms with Gasteiger partial charge in [-0.2, -0.15) is 0 Å². The second-order valence-corrected chi connectivity index (χ2v) is 6.26. The van der Waals surface area contributed by atoms with Gasteiger partial charge < -0.3 is 15.0 Å². The van der Waals surface area contributed by atoms with Crippen LogP contribution in [0.3, 0.4) is 0 Å². The Morgan fingerprint density at radius 2 is 1.96 bits per heavy atom. The Labute approximate surface area is 148 Å². The summed E-state index contributed by atoms with van der Waals surface area (Å²) >= 11 is 1.38. The molecule has 1 heterocycles. The summed E-state index contributed by atoms with van der Waals surface area (Å²) < 4.78 is 5.20. The monoisotopic (exact) mass is 355 g/mol. The number of benzene rings is 2. The van der Waals surface area contributed by atoms with Crippen LogP contribution in [0.15, 0.2) is 53.3 Å². The van der Waals surface area contributed by atoms with Crippen molar-refractivity contribution in [3.8, 4) is 5.75 Å². The molecule has 0 bridgehead atoms. The van der Waals surface area contributed by atoms with Gasteiger partial charge in [0.05, 0.1) is 35.2 Å². The molecule has 3 rings (SSSR count). The molecule has 0 atom stereocenters. The van der Waals surface area contributed by atoms with Crippen LogP contribution >= 0.6 is 11.8 Å². The number of nitrogens with one attached hydrogen (secondary N) is 2. The minimum atomic E-state index is -0.167. The summed E-state index contributed by atoms with van der Waals surface area (Å²) in [7, 11) is 1.56. The van der Waals surface area contributed by atoms with Crippen molar-refractivity contribution in [3.05, 3.63) is 64.7 Å². The molecule has 1 amide bonds. The van der Waals surface area contributed by atoms with E-state index in [-0.39, 0.29) is 17.2 Å². The number of carbonyl (C=O) groups is 1. The van der Waals surface area contributed by atoms with E-state index in [1.807, 2.05) is 18.2 Å². The smallest absolute Gasteiger partial charge is 0.258 e. The van der Waals surface area contributed by atoms with Gasteiger partial charge in [-0.25, -0.2) is 4.98 Å². The number of carbonyl (C=O) groups excluding carboxylic acids is 1. The van der Waals surface area contributed by atoms with Gasteiger partial charge in [0, 0.05) is 0 Å². The van der Waals surface area contributed by atoms with Crippen molar-refractivity contribution in [2.24, 2.45) is 0 Å². The first-order valence-corrected chi connectivity index (χ1v) is 8.81. The Morgan fingerprint density at radius 3 is 2.80 bits per heavy atom. The van der Waals surface area contributed by atoms with Gasteiger partial charge >= 0.3 is 0 Å². The maximum Gasteiger partial charge on any atom is 0.258 e. The highest BCUT2D eigenvalue weighted by Crippen LogP contribution is 2.23. The number of amides is 1. The molecular formula is C18H17N3O3S. The lowest BCUT2D eigenvalue weighted by molar-refractivity contribution is -0.113. The Hall–Kier alpha value is -2.80.